The highest BCUT2D eigenvalue weighted by Crippen LogP contribution is 2.40. The second-order valence-corrected chi connectivity index (χ2v) is 4.48. The number of halogens is 1. The molecule has 106 valence electrons. The molecule has 0 unspecified atom stereocenters. The number of nitrogens with two attached hydrogens (primary N) is 1. The Hall–Kier alpha value is -2.82. The average Bonchev–Trinajstić information content (AvgIpc) is 2.89. The second-order valence-electron chi connectivity index (χ2n) is 4.48. The van der Waals surface area contributed by atoms with E-state index in [9.17, 15) is 4.39 Å². The summed E-state index contributed by atoms with van der Waals surface area (Å²) in [6.45, 7) is 0. The Morgan fingerprint density at radius 1 is 1.14 bits per heavy atom. The Morgan fingerprint density at radius 3 is 2.71 bits per heavy atom. The first-order chi connectivity index (χ1) is 10.2. The molecule has 0 amide bonds. The van der Waals surface area contributed by atoms with Crippen LogP contribution in [0.5, 0.6) is 5.75 Å². The summed E-state index contributed by atoms with van der Waals surface area (Å²) in [7, 11) is 1.57. The molecule has 0 spiro atoms. The summed E-state index contributed by atoms with van der Waals surface area (Å²) in [4.78, 5) is 0. The molecule has 0 atom stereocenters. The number of benzene rings is 2. The summed E-state index contributed by atoms with van der Waals surface area (Å²) in [5, 5.41) is 3.80. The molecular weight excluding hydrogens is 271 g/mol. The van der Waals surface area contributed by atoms with Gasteiger partial charge in [0.25, 0.3) is 0 Å². The fourth-order valence-corrected chi connectivity index (χ4v) is 2.24. The molecular formula is C16H13FN2O2. The average molecular weight is 284 g/mol. The van der Waals surface area contributed by atoms with Crippen LogP contribution in [0.25, 0.3) is 22.5 Å². The van der Waals surface area contributed by atoms with Gasteiger partial charge in [-0.15, -0.1) is 0 Å². The number of methoxy groups -OCH3 is 1. The maximum atomic E-state index is 13.4. The highest BCUT2D eigenvalue weighted by atomic mass is 19.1. The van der Waals surface area contributed by atoms with Gasteiger partial charge in [-0.2, -0.15) is 0 Å². The molecule has 0 saturated carbocycles. The number of hydrogen-bond donors (Lipinski definition) is 1. The molecule has 2 aromatic carbocycles. The second kappa shape index (κ2) is 5.28. The third kappa shape index (κ3) is 2.33. The molecule has 1 heterocycles. The number of nitrogen functional groups attached to an aromatic ring is 1. The SMILES string of the molecule is COc1ccccc1-c1c(N)noc1-c1cccc(F)c1. The fraction of sp³-hybridized carbons (Fsp3) is 0.0625. The van der Waals surface area contributed by atoms with Gasteiger partial charge in [0.1, 0.15) is 11.6 Å². The summed E-state index contributed by atoms with van der Waals surface area (Å²) < 4.78 is 24.1. The van der Waals surface area contributed by atoms with Crippen molar-refractivity contribution < 1.29 is 13.7 Å². The Balaban J connectivity index is 2.22. The van der Waals surface area contributed by atoms with E-state index in [2.05, 4.69) is 5.16 Å². The number of nitrogens with zero attached hydrogens (tertiary/aromatic N) is 1. The van der Waals surface area contributed by atoms with Gasteiger partial charge in [-0.05, 0) is 18.2 Å². The van der Waals surface area contributed by atoms with Crippen LogP contribution in [0.2, 0.25) is 0 Å². The Morgan fingerprint density at radius 2 is 1.95 bits per heavy atom. The molecule has 4 nitrogen and oxygen atoms in total. The first kappa shape index (κ1) is 13.2. The predicted molar refractivity (Wildman–Crippen MR) is 78.3 cm³/mol. The number of para-hydroxylation sites is 1. The van der Waals surface area contributed by atoms with Crippen molar-refractivity contribution in [3.8, 4) is 28.2 Å². The lowest BCUT2D eigenvalue weighted by Crippen LogP contribution is -1.92. The number of aromatic nitrogens is 1. The van der Waals surface area contributed by atoms with Crippen LogP contribution in [0.1, 0.15) is 0 Å². The molecule has 3 aromatic rings. The molecule has 0 radical (unpaired) electrons. The molecule has 0 aliphatic rings. The number of rotatable bonds is 3. The quantitative estimate of drug-likeness (QED) is 0.796. The standard InChI is InChI=1S/C16H13FN2O2/c1-20-13-8-3-2-7-12(13)14-15(21-19-16(14)18)10-5-4-6-11(17)9-10/h2-9H,1H3,(H2,18,19). The van der Waals surface area contributed by atoms with Crippen LogP contribution in [-0.4, -0.2) is 12.3 Å². The van der Waals surface area contributed by atoms with Gasteiger partial charge in [0.15, 0.2) is 11.6 Å². The number of anilines is 1. The highest BCUT2D eigenvalue weighted by Gasteiger charge is 2.20. The normalized spacial score (nSPS) is 10.6. The van der Waals surface area contributed by atoms with Crippen molar-refractivity contribution in [2.75, 3.05) is 12.8 Å². The maximum Gasteiger partial charge on any atom is 0.177 e. The van der Waals surface area contributed by atoms with Crippen LogP contribution in [0.15, 0.2) is 53.1 Å². The van der Waals surface area contributed by atoms with Gasteiger partial charge in [0.05, 0.1) is 12.7 Å². The van der Waals surface area contributed by atoms with E-state index in [-0.39, 0.29) is 11.6 Å². The van der Waals surface area contributed by atoms with Gasteiger partial charge < -0.3 is 15.0 Å². The van der Waals surface area contributed by atoms with Gasteiger partial charge in [-0.1, -0.05) is 35.5 Å². The third-order valence-corrected chi connectivity index (χ3v) is 3.18. The van der Waals surface area contributed by atoms with Crippen LogP contribution in [0.3, 0.4) is 0 Å². The third-order valence-electron chi connectivity index (χ3n) is 3.18. The minimum absolute atomic E-state index is 0.235. The fourth-order valence-electron chi connectivity index (χ4n) is 2.24. The van der Waals surface area contributed by atoms with Gasteiger partial charge in [0.2, 0.25) is 0 Å². The Bertz CT molecular complexity index is 783. The van der Waals surface area contributed by atoms with Crippen molar-refractivity contribution in [3.63, 3.8) is 0 Å². The summed E-state index contributed by atoms with van der Waals surface area (Å²) in [6.07, 6.45) is 0. The molecule has 21 heavy (non-hydrogen) atoms. The van der Waals surface area contributed by atoms with E-state index in [1.807, 2.05) is 24.3 Å². The molecule has 0 fully saturated rings. The lowest BCUT2D eigenvalue weighted by atomic mass is 10.0. The van der Waals surface area contributed by atoms with Crippen LogP contribution in [0.4, 0.5) is 10.2 Å². The summed E-state index contributed by atoms with van der Waals surface area (Å²) in [5.74, 6) is 0.939. The molecule has 5 heteroatoms. The zero-order chi connectivity index (χ0) is 14.8. The molecule has 0 bridgehead atoms. The first-order valence-electron chi connectivity index (χ1n) is 6.35. The predicted octanol–water partition coefficient (Wildman–Crippen LogP) is 3.74. The zero-order valence-electron chi connectivity index (χ0n) is 11.3. The summed E-state index contributed by atoms with van der Waals surface area (Å²) >= 11 is 0. The van der Waals surface area contributed by atoms with Crippen molar-refractivity contribution in [3.05, 3.63) is 54.3 Å². The van der Waals surface area contributed by atoms with Crippen molar-refractivity contribution >= 4 is 5.82 Å². The van der Waals surface area contributed by atoms with E-state index in [1.54, 1.807) is 19.2 Å². The molecule has 0 aliphatic heterocycles. The topological polar surface area (TPSA) is 61.3 Å². The van der Waals surface area contributed by atoms with Gasteiger partial charge in [-0.25, -0.2) is 4.39 Å². The van der Waals surface area contributed by atoms with Gasteiger partial charge in [-0.3, -0.25) is 0 Å². The van der Waals surface area contributed by atoms with Crippen LogP contribution in [-0.2, 0) is 0 Å². The lowest BCUT2D eigenvalue weighted by molar-refractivity contribution is 0.416. The summed E-state index contributed by atoms with van der Waals surface area (Å²) in [5.41, 5.74) is 7.83. The number of ether oxygens (including phenoxy) is 1. The van der Waals surface area contributed by atoms with Crippen LogP contribution in [0, 0.1) is 5.82 Å². The maximum absolute atomic E-state index is 13.4. The molecule has 1 aromatic heterocycles. The smallest absolute Gasteiger partial charge is 0.177 e. The largest absolute Gasteiger partial charge is 0.496 e. The van der Waals surface area contributed by atoms with Gasteiger partial charge in [0, 0.05) is 11.1 Å². The summed E-state index contributed by atoms with van der Waals surface area (Å²) in [6, 6.07) is 13.5. The zero-order valence-corrected chi connectivity index (χ0v) is 11.3. The monoisotopic (exact) mass is 284 g/mol. The van der Waals surface area contributed by atoms with Crippen molar-refractivity contribution in [1.82, 2.24) is 5.16 Å². The highest BCUT2D eigenvalue weighted by molar-refractivity contribution is 5.89. The van der Waals surface area contributed by atoms with Crippen LogP contribution >= 0.6 is 0 Å². The van der Waals surface area contributed by atoms with E-state index < -0.39 is 0 Å². The van der Waals surface area contributed by atoms with E-state index >= 15 is 0 Å². The number of hydrogen-bond acceptors (Lipinski definition) is 4. The minimum Gasteiger partial charge on any atom is -0.496 e. The first-order valence-corrected chi connectivity index (χ1v) is 6.35. The molecule has 0 saturated heterocycles. The lowest BCUT2D eigenvalue weighted by Gasteiger charge is -2.08. The minimum atomic E-state index is -0.353. The molecule has 3 rings (SSSR count). The van der Waals surface area contributed by atoms with E-state index in [0.29, 0.717) is 22.6 Å². The van der Waals surface area contributed by atoms with Gasteiger partial charge >= 0.3 is 0 Å². The van der Waals surface area contributed by atoms with E-state index in [0.717, 1.165) is 5.56 Å². The van der Waals surface area contributed by atoms with Crippen molar-refractivity contribution in [2.24, 2.45) is 0 Å². The van der Waals surface area contributed by atoms with Crippen LogP contribution < -0.4 is 10.5 Å². The van der Waals surface area contributed by atoms with Crippen molar-refractivity contribution in [1.29, 1.82) is 0 Å². The molecule has 2 N–H and O–H groups in total. The van der Waals surface area contributed by atoms with Crippen molar-refractivity contribution in [2.45, 2.75) is 0 Å². The molecule has 0 aliphatic carbocycles. The van der Waals surface area contributed by atoms with E-state index in [1.165, 1.54) is 12.1 Å². The Kier molecular flexibility index (Phi) is 3.31. The Labute approximate surface area is 120 Å². The van der Waals surface area contributed by atoms with E-state index in [4.69, 9.17) is 15.0 Å².